The van der Waals surface area contributed by atoms with Gasteiger partial charge in [-0.05, 0) is 54.9 Å². The van der Waals surface area contributed by atoms with E-state index < -0.39 is 0 Å². The zero-order valence-electron chi connectivity index (χ0n) is 15.5. The molecule has 2 rings (SSSR count). The van der Waals surface area contributed by atoms with E-state index in [9.17, 15) is 10.2 Å². The van der Waals surface area contributed by atoms with Crippen LogP contribution in [0.5, 0.6) is 11.5 Å². The Morgan fingerprint density at radius 3 is 1.76 bits per heavy atom. The first-order valence-electron chi connectivity index (χ1n) is 9.79. The second-order valence-electron chi connectivity index (χ2n) is 6.88. The van der Waals surface area contributed by atoms with Gasteiger partial charge < -0.3 is 10.2 Å². The van der Waals surface area contributed by atoms with Gasteiger partial charge in [0.2, 0.25) is 0 Å². The van der Waals surface area contributed by atoms with E-state index in [4.69, 9.17) is 0 Å². The van der Waals surface area contributed by atoms with Crippen molar-refractivity contribution in [3.05, 3.63) is 59.2 Å². The molecule has 0 heterocycles. The van der Waals surface area contributed by atoms with Crippen LogP contribution in [0.15, 0.2) is 42.5 Å². The van der Waals surface area contributed by atoms with Crippen molar-refractivity contribution in [1.29, 1.82) is 0 Å². The van der Waals surface area contributed by atoms with E-state index in [1.807, 2.05) is 6.07 Å². The van der Waals surface area contributed by atoms with Crippen LogP contribution in [-0.2, 0) is 19.3 Å². The summed E-state index contributed by atoms with van der Waals surface area (Å²) in [5, 5.41) is 19.3. The summed E-state index contributed by atoms with van der Waals surface area (Å²) in [6, 6.07) is 14.0. The first-order valence-corrected chi connectivity index (χ1v) is 9.79. The molecule has 0 unspecified atom stereocenters. The van der Waals surface area contributed by atoms with Crippen LogP contribution in [0, 0.1) is 0 Å². The van der Waals surface area contributed by atoms with Gasteiger partial charge in [-0.2, -0.15) is 0 Å². The Hall–Kier alpha value is -1.96. The number of aryl methyl sites for hydroxylation is 3. The van der Waals surface area contributed by atoms with Crippen molar-refractivity contribution in [3.63, 3.8) is 0 Å². The third-order valence-corrected chi connectivity index (χ3v) is 4.99. The number of rotatable bonds is 11. The lowest BCUT2D eigenvalue weighted by atomic mass is 9.99. The second kappa shape index (κ2) is 10.8. The number of aromatic hydroxyl groups is 2. The molecular formula is C23H32O2. The van der Waals surface area contributed by atoms with Crippen LogP contribution in [0.4, 0.5) is 0 Å². The zero-order chi connectivity index (χ0) is 17.9. The molecule has 0 radical (unpaired) electrons. The Morgan fingerprint density at radius 2 is 1.12 bits per heavy atom. The zero-order valence-corrected chi connectivity index (χ0v) is 15.5. The molecule has 136 valence electrons. The van der Waals surface area contributed by atoms with Crippen LogP contribution in [0.2, 0.25) is 0 Å². The lowest BCUT2D eigenvalue weighted by Gasteiger charge is -2.08. The number of hydrogen-bond donors (Lipinski definition) is 2. The number of hydrogen-bond acceptors (Lipinski definition) is 2. The summed E-state index contributed by atoms with van der Waals surface area (Å²) in [6.45, 7) is 2.23. The number of phenols is 2. The maximum Gasteiger partial charge on any atom is 0.160 e. The molecule has 0 aliphatic carbocycles. The molecule has 0 saturated carbocycles. The summed E-state index contributed by atoms with van der Waals surface area (Å²) in [4.78, 5) is 0. The Bertz CT molecular complexity index is 634. The molecule has 2 N–H and O–H groups in total. The summed E-state index contributed by atoms with van der Waals surface area (Å²) in [6.07, 6.45) is 11.9. The first-order chi connectivity index (χ1) is 12.2. The van der Waals surface area contributed by atoms with E-state index in [1.165, 1.54) is 62.1 Å². The van der Waals surface area contributed by atoms with Gasteiger partial charge >= 0.3 is 0 Å². The summed E-state index contributed by atoms with van der Waals surface area (Å²) < 4.78 is 0. The smallest absolute Gasteiger partial charge is 0.160 e. The molecule has 2 heteroatoms. The van der Waals surface area contributed by atoms with Crippen LogP contribution in [-0.4, -0.2) is 10.2 Å². The Balaban J connectivity index is 1.52. The van der Waals surface area contributed by atoms with Crippen LogP contribution in [0.25, 0.3) is 0 Å². The summed E-state index contributed by atoms with van der Waals surface area (Å²) in [5.41, 5.74) is 3.88. The molecule has 2 aromatic carbocycles. The third kappa shape index (κ3) is 6.45. The summed E-state index contributed by atoms with van der Waals surface area (Å²) in [5.74, 6) is 0.0389. The average Bonchev–Trinajstić information content (AvgIpc) is 2.64. The highest BCUT2D eigenvalue weighted by Gasteiger charge is 2.05. The minimum Gasteiger partial charge on any atom is -0.504 e. The van der Waals surface area contributed by atoms with E-state index in [-0.39, 0.29) is 11.5 Å². The van der Waals surface area contributed by atoms with E-state index >= 15 is 0 Å². The predicted molar refractivity (Wildman–Crippen MR) is 105 cm³/mol. The van der Waals surface area contributed by atoms with Crippen molar-refractivity contribution >= 4 is 0 Å². The summed E-state index contributed by atoms with van der Waals surface area (Å²) in [7, 11) is 0. The van der Waals surface area contributed by atoms with Crippen LogP contribution in [0.1, 0.15) is 68.6 Å². The Kier molecular flexibility index (Phi) is 8.38. The number of para-hydroxylation sites is 1. The van der Waals surface area contributed by atoms with Crippen molar-refractivity contribution in [2.24, 2.45) is 0 Å². The quantitative estimate of drug-likeness (QED) is 0.379. The fourth-order valence-electron chi connectivity index (χ4n) is 3.44. The SMILES string of the molecule is CCc1ccccc1CCCCCCCCCc1cccc(O)c1O. The molecule has 0 fully saturated rings. The molecular weight excluding hydrogens is 308 g/mol. The van der Waals surface area contributed by atoms with Gasteiger partial charge in [0.05, 0.1) is 0 Å². The molecule has 0 aliphatic heterocycles. The lowest BCUT2D eigenvalue weighted by Crippen LogP contribution is -1.93. The molecule has 0 amide bonds. The maximum absolute atomic E-state index is 9.78. The lowest BCUT2D eigenvalue weighted by molar-refractivity contribution is 0.398. The first kappa shape index (κ1) is 19.4. The van der Waals surface area contributed by atoms with E-state index in [0.717, 1.165) is 24.8 Å². The van der Waals surface area contributed by atoms with Gasteiger partial charge in [-0.15, -0.1) is 0 Å². The largest absolute Gasteiger partial charge is 0.504 e. The maximum atomic E-state index is 9.78. The highest BCUT2D eigenvalue weighted by molar-refractivity contribution is 5.44. The van der Waals surface area contributed by atoms with Gasteiger partial charge in [0.25, 0.3) is 0 Å². The van der Waals surface area contributed by atoms with Crippen LogP contribution in [0.3, 0.4) is 0 Å². The molecule has 2 aromatic rings. The molecule has 0 bridgehead atoms. The standard InChI is InChI=1S/C23H32O2/c1-2-19-13-10-11-15-20(19)14-8-6-4-3-5-7-9-16-21-17-12-18-22(24)23(21)25/h10-13,15,17-18,24-25H,2-9,14,16H2,1H3. The molecule has 25 heavy (non-hydrogen) atoms. The fourth-order valence-corrected chi connectivity index (χ4v) is 3.44. The van der Waals surface area contributed by atoms with Crippen molar-refractivity contribution in [2.75, 3.05) is 0 Å². The van der Waals surface area contributed by atoms with Gasteiger partial charge in [-0.3, -0.25) is 0 Å². The number of unbranched alkanes of at least 4 members (excludes halogenated alkanes) is 6. The van der Waals surface area contributed by atoms with Crippen molar-refractivity contribution < 1.29 is 10.2 Å². The van der Waals surface area contributed by atoms with E-state index in [0.29, 0.717) is 0 Å². The monoisotopic (exact) mass is 340 g/mol. The van der Waals surface area contributed by atoms with Crippen LogP contribution < -0.4 is 0 Å². The molecule has 2 nitrogen and oxygen atoms in total. The molecule has 0 atom stereocenters. The second-order valence-corrected chi connectivity index (χ2v) is 6.88. The van der Waals surface area contributed by atoms with Gasteiger partial charge in [-0.1, -0.05) is 75.4 Å². The molecule has 0 aromatic heterocycles. The van der Waals surface area contributed by atoms with E-state index in [1.54, 1.807) is 6.07 Å². The van der Waals surface area contributed by atoms with Gasteiger partial charge in [0.1, 0.15) is 0 Å². The minimum absolute atomic E-state index is 0.0119. The fraction of sp³-hybridized carbons (Fsp3) is 0.478. The molecule has 0 spiro atoms. The normalized spacial score (nSPS) is 10.9. The molecule has 0 saturated heterocycles. The third-order valence-electron chi connectivity index (χ3n) is 4.99. The topological polar surface area (TPSA) is 40.5 Å². The predicted octanol–water partition coefficient (Wildman–Crippen LogP) is 6.18. The summed E-state index contributed by atoms with van der Waals surface area (Å²) >= 11 is 0. The van der Waals surface area contributed by atoms with Crippen molar-refractivity contribution in [3.8, 4) is 11.5 Å². The van der Waals surface area contributed by atoms with Crippen LogP contribution >= 0.6 is 0 Å². The average molecular weight is 341 g/mol. The van der Waals surface area contributed by atoms with E-state index in [2.05, 4.69) is 31.2 Å². The van der Waals surface area contributed by atoms with Gasteiger partial charge in [0, 0.05) is 0 Å². The molecule has 0 aliphatic rings. The number of benzene rings is 2. The number of phenolic OH excluding ortho intramolecular Hbond substituents is 2. The van der Waals surface area contributed by atoms with Gasteiger partial charge in [0.15, 0.2) is 11.5 Å². The Morgan fingerprint density at radius 1 is 0.600 bits per heavy atom. The van der Waals surface area contributed by atoms with Crippen molar-refractivity contribution in [1.82, 2.24) is 0 Å². The highest BCUT2D eigenvalue weighted by atomic mass is 16.3. The minimum atomic E-state index is -0.0119. The van der Waals surface area contributed by atoms with Gasteiger partial charge in [-0.25, -0.2) is 0 Å². The highest BCUT2D eigenvalue weighted by Crippen LogP contribution is 2.29. The Labute approximate surface area is 152 Å². The van der Waals surface area contributed by atoms with Crippen molar-refractivity contribution in [2.45, 2.75) is 71.1 Å².